The van der Waals surface area contributed by atoms with E-state index in [0.717, 1.165) is 12.8 Å². The minimum Gasteiger partial charge on any atom is -0.394 e. The maximum absolute atomic E-state index is 11.8. The highest BCUT2D eigenvalue weighted by Crippen LogP contribution is 2.31. The SMILES string of the molecule is O=C(NC(CO)CO)c1ccc(NC(=O)C2CC2)s1. The molecule has 0 aromatic carbocycles. The molecule has 0 unspecified atom stereocenters. The lowest BCUT2D eigenvalue weighted by molar-refractivity contribution is -0.117. The fourth-order valence-corrected chi connectivity index (χ4v) is 2.31. The Hall–Kier alpha value is -1.44. The van der Waals surface area contributed by atoms with Gasteiger partial charge in [-0.1, -0.05) is 0 Å². The van der Waals surface area contributed by atoms with Crippen molar-refractivity contribution in [2.75, 3.05) is 18.5 Å². The van der Waals surface area contributed by atoms with Gasteiger partial charge in [0.25, 0.3) is 5.91 Å². The minimum absolute atomic E-state index is 0.00241. The molecule has 0 spiro atoms. The Bertz CT molecular complexity index is 466. The van der Waals surface area contributed by atoms with Crippen molar-refractivity contribution in [1.82, 2.24) is 5.32 Å². The quantitative estimate of drug-likeness (QED) is 0.599. The van der Waals surface area contributed by atoms with Crippen LogP contribution in [0.15, 0.2) is 12.1 Å². The van der Waals surface area contributed by atoms with Gasteiger partial charge in [0.1, 0.15) is 0 Å². The minimum atomic E-state index is -0.667. The van der Waals surface area contributed by atoms with Crippen molar-refractivity contribution in [2.24, 2.45) is 5.92 Å². The molecular weight excluding hydrogens is 268 g/mol. The van der Waals surface area contributed by atoms with Crippen LogP contribution in [0.4, 0.5) is 5.00 Å². The smallest absolute Gasteiger partial charge is 0.261 e. The number of rotatable bonds is 6. The number of aliphatic hydroxyl groups is 2. The standard InChI is InChI=1S/C12H16N2O4S/c15-5-8(6-16)13-12(18)9-3-4-10(19-9)14-11(17)7-1-2-7/h3-4,7-8,15-16H,1-2,5-6H2,(H,13,18)(H,14,17). The van der Waals surface area contributed by atoms with Crippen molar-refractivity contribution in [3.8, 4) is 0 Å². The van der Waals surface area contributed by atoms with Crippen LogP contribution in [0, 0.1) is 5.92 Å². The first-order valence-electron chi connectivity index (χ1n) is 6.07. The third kappa shape index (κ3) is 3.76. The molecule has 19 heavy (non-hydrogen) atoms. The van der Waals surface area contributed by atoms with Gasteiger partial charge in [0, 0.05) is 5.92 Å². The molecule has 0 aliphatic heterocycles. The third-order valence-electron chi connectivity index (χ3n) is 2.80. The van der Waals surface area contributed by atoms with Crippen LogP contribution in [0.5, 0.6) is 0 Å². The van der Waals surface area contributed by atoms with E-state index in [1.807, 2.05) is 0 Å². The molecule has 6 nitrogen and oxygen atoms in total. The zero-order chi connectivity index (χ0) is 13.8. The van der Waals surface area contributed by atoms with Crippen molar-refractivity contribution < 1.29 is 19.8 Å². The van der Waals surface area contributed by atoms with Crippen molar-refractivity contribution in [3.63, 3.8) is 0 Å². The van der Waals surface area contributed by atoms with Gasteiger partial charge in [-0.25, -0.2) is 0 Å². The molecule has 1 aliphatic rings. The summed E-state index contributed by atoms with van der Waals surface area (Å²) >= 11 is 1.17. The second-order valence-corrected chi connectivity index (χ2v) is 5.55. The second-order valence-electron chi connectivity index (χ2n) is 4.46. The lowest BCUT2D eigenvalue weighted by Crippen LogP contribution is -2.39. The number of anilines is 1. The molecule has 1 aliphatic carbocycles. The van der Waals surface area contributed by atoms with Crippen LogP contribution in [-0.4, -0.2) is 41.3 Å². The number of nitrogens with one attached hydrogen (secondary N) is 2. The largest absolute Gasteiger partial charge is 0.394 e. The molecule has 104 valence electrons. The molecule has 1 aromatic heterocycles. The molecule has 1 fully saturated rings. The molecule has 2 amide bonds. The molecule has 0 atom stereocenters. The van der Waals surface area contributed by atoms with Gasteiger partial charge in [0.15, 0.2) is 0 Å². The molecule has 1 heterocycles. The van der Waals surface area contributed by atoms with Crippen LogP contribution < -0.4 is 10.6 Å². The Balaban J connectivity index is 1.91. The molecule has 1 aromatic rings. The molecule has 1 saturated carbocycles. The summed E-state index contributed by atoms with van der Waals surface area (Å²) in [4.78, 5) is 23.8. The Morgan fingerprint density at radius 2 is 2.00 bits per heavy atom. The number of amides is 2. The molecule has 7 heteroatoms. The fraction of sp³-hybridized carbons (Fsp3) is 0.500. The summed E-state index contributed by atoms with van der Waals surface area (Å²) in [6.45, 7) is -0.641. The average Bonchev–Trinajstić information content (AvgIpc) is 3.16. The number of carbonyl (C=O) groups excluding carboxylic acids is 2. The van der Waals surface area contributed by atoms with E-state index in [1.165, 1.54) is 11.3 Å². The number of hydrogen-bond donors (Lipinski definition) is 4. The third-order valence-corrected chi connectivity index (χ3v) is 3.80. The Morgan fingerprint density at radius 3 is 2.58 bits per heavy atom. The molecule has 0 bridgehead atoms. The summed E-state index contributed by atoms with van der Waals surface area (Å²) in [5, 5.41) is 23.7. The molecule has 2 rings (SSSR count). The summed E-state index contributed by atoms with van der Waals surface area (Å²) in [5.41, 5.74) is 0. The number of hydrogen-bond acceptors (Lipinski definition) is 5. The maximum atomic E-state index is 11.8. The molecule has 0 radical (unpaired) electrons. The summed E-state index contributed by atoms with van der Waals surface area (Å²) in [6.07, 6.45) is 1.86. The lowest BCUT2D eigenvalue weighted by atomic mass is 10.3. The molecular formula is C12H16N2O4S. The first-order chi connectivity index (χ1) is 9.13. The van der Waals surface area contributed by atoms with Gasteiger partial charge in [-0.2, -0.15) is 0 Å². The number of carbonyl (C=O) groups is 2. The monoisotopic (exact) mass is 284 g/mol. The first-order valence-corrected chi connectivity index (χ1v) is 6.89. The predicted octanol–water partition coefficient (Wildman–Crippen LogP) is 0.180. The van der Waals surface area contributed by atoms with Crippen molar-refractivity contribution in [2.45, 2.75) is 18.9 Å². The van der Waals surface area contributed by atoms with Gasteiger partial charge in [0.05, 0.1) is 29.1 Å². The van der Waals surface area contributed by atoms with Crippen LogP contribution in [-0.2, 0) is 4.79 Å². The van der Waals surface area contributed by atoms with E-state index < -0.39 is 6.04 Å². The van der Waals surface area contributed by atoms with E-state index in [1.54, 1.807) is 12.1 Å². The average molecular weight is 284 g/mol. The van der Waals surface area contributed by atoms with E-state index in [0.29, 0.717) is 9.88 Å². The highest BCUT2D eigenvalue weighted by molar-refractivity contribution is 7.18. The van der Waals surface area contributed by atoms with E-state index in [4.69, 9.17) is 10.2 Å². The van der Waals surface area contributed by atoms with Gasteiger partial charge in [-0.15, -0.1) is 11.3 Å². The second kappa shape index (κ2) is 6.14. The van der Waals surface area contributed by atoms with Gasteiger partial charge in [-0.3, -0.25) is 9.59 Å². The van der Waals surface area contributed by atoms with Crippen molar-refractivity contribution in [1.29, 1.82) is 0 Å². The topological polar surface area (TPSA) is 98.7 Å². The summed E-state index contributed by atoms with van der Waals surface area (Å²) in [5.74, 6) is -0.255. The van der Waals surface area contributed by atoms with Gasteiger partial charge >= 0.3 is 0 Å². The zero-order valence-electron chi connectivity index (χ0n) is 10.3. The Morgan fingerprint density at radius 1 is 1.32 bits per heavy atom. The summed E-state index contributed by atoms with van der Waals surface area (Å²) < 4.78 is 0. The van der Waals surface area contributed by atoms with Crippen LogP contribution in [0.25, 0.3) is 0 Å². The van der Waals surface area contributed by atoms with E-state index in [9.17, 15) is 9.59 Å². The van der Waals surface area contributed by atoms with E-state index >= 15 is 0 Å². The van der Waals surface area contributed by atoms with E-state index in [-0.39, 0.29) is 30.9 Å². The van der Waals surface area contributed by atoms with Gasteiger partial charge in [0.2, 0.25) is 5.91 Å². The normalized spacial score (nSPS) is 14.5. The van der Waals surface area contributed by atoms with Crippen LogP contribution in [0.2, 0.25) is 0 Å². The fourth-order valence-electron chi connectivity index (χ4n) is 1.50. The summed E-state index contributed by atoms with van der Waals surface area (Å²) in [7, 11) is 0. The van der Waals surface area contributed by atoms with Crippen LogP contribution >= 0.6 is 11.3 Å². The lowest BCUT2D eigenvalue weighted by Gasteiger charge is -2.11. The Labute approximate surface area is 114 Å². The zero-order valence-corrected chi connectivity index (χ0v) is 11.1. The predicted molar refractivity (Wildman–Crippen MR) is 71.1 cm³/mol. The van der Waals surface area contributed by atoms with Crippen LogP contribution in [0.3, 0.4) is 0 Å². The van der Waals surface area contributed by atoms with Gasteiger partial charge in [-0.05, 0) is 25.0 Å². The highest BCUT2D eigenvalue weighted by atomic mass is 32.1. The van der Waals surface area contributed by atoms with Crippen molar-refractivity contribution in [3.05, 3.63) is 17.0 Å². The highest BCUT2D eigenvalue weighted by Gasteiger charge is 2.29. The number of thiophene rings is 1. The number of aliphatic hydroxyl groups excluding tert-OH is 2. The van der Waals surface area contributed by atoms with Crippen molar-refractivity contribution >= 4 is 28.2 Å². The van der Waals surface area contributed by atoms with Crippen LogP contribution in [0.1, 0.15) is 22.5 Å². The maximum Gasteiger partial charge on any atom is 0.261 e. The molecule has 4 N–H and O–H groups in total. The Kier molecular flexibility index (Phi) is 4.52. The van der Waals surface area contributed by atoms with Gasteiger partial charge < -0.3 is 20.8 Å². The summed E-state index contributed by atoms with van der Waals surface area (Å²) in [6, 6.07) is 2.61. The first kappa shape index (κ1) is 14.0. The van der Waals surface area contributed by atoms with E-state index in [2.05, 4.69) is 10.6 Å². The molecule has 0 saturated heterocycles.